The van der Waals surface area contributed by atoms with Gasteiger partial charge in [-0.15, -0.1) is 0 Å². The largest absolute Gasteiger partial charge is 0.497 e. The van der Waals surface area contributed by atoms with E-state index >= 15 is 0 Å². The van der Waals surface area contributed by atoms with E-state index < -0.39 is 5.41 Å². The van der Waals surface area contributed by atoms with E-state index in [4.69, 9.17) is 9.72 Å². The molecule has 0 bridgehead atoms. The van der Waals surface area contributed by atoms with Crippen molar-refractivity contribution in [2.24, 2.45) is 0 Å². The van der Waals surface area contributed by atoms with Crippen LogP contribution < -0.4 is 10.1 Å². The van der Waals surface area contributed by atoms with E-state index in [0.29, 0.717) is 18.2 Å². The molecular weight excluding hydrogens is 392 g/mol. The number of carbonyl (C=O) groups excluding carboxylic acids is 1. The highest BCUT2D eigenvalue weighted by Gasteiger charge is 2.40. The molecule has 3 aromatic rings. The van der Waals surface area contributed by atoms with Gasteiger partial charge in [0, 0.05) is 18.9 Å². The molecule has 1 amide bonds. The molecule has 0 radical (unpaired) electrons. The Hall–Kier alpha value is -3.55. The van der Waals surface area contributed by atoms with Crippen molar-refractivity contribution in [3.63, 3.8) is 0 Å². The number of rotatable bonds is 6. The van der Waals surface area contributed by atoms with Crippen LogP contribution >= 0.6 is 0 Å². The summed E-state index contributed by atoms with van der Waals surface area (Å²) in [5, 5.41) is 3.12. The maximum atomic E-state index is 13.6. The standard InChI is InChI=1S/C23H26N6O2/c1-23(2,16-6-8-17(31-3)9-7-16)22(30)29-12-4-5-19(29)18-13-25-15-21(27-18)28-20-14-24-10-11-26-20/h6-11,13-15,19H,4-5,12H2,1-3H3,(H,26,27,28). The van der Waals surface area contributed by atoms with E-state index in [-0.39, 0.29) is 11.9 Å². The van der Waals surface area contributed by atoms with Crippen LogP contribution in [0.5, 0.6) is 5.75 Å². The molecule has 2 aromatic heterocycles. The van der Waals surface area contributed by atoms with E-state index in [9.17, 15) is 4.79 Å². The number of hydrogen-bond acceptors (Lipinski definition) is 7. The lowest BCUT2D eigenvalue weighted by molar-refractivity contribution is -0.137. The molecule has 1 aromatic carbocycles. The maximum absolute atomic E-state index is 13.6. The highest BCUT2D eigenvalue weighted by Crippen LogP contribution is 2.36. The number of nitrogens with one attached hydrogen (secondary N) is 1. The highest BCUT2D eigenvalue weighted by atomic mass is 16.5. The van der Waals surface area contributed by atoms with Crippen molar-refractivity contribution in [3.8, 4) is 5.75 Å². The molecular formula is C23H26N6O2. The van der Waals surface area contributed by atoms with Crippen LogP contribution in [0.4, 0.5) is 11.6 Å². The van der Waals surface area contributed by atoms with E-state index in [1.807, 2.05) is 43.0 Å². The lowest BCUT2D eigenvalue weighted by atomic mass is 9.83. The molecule has 1 saturated heterocycles. The Morgan fingerprint density at radius 1 is 1.10 bits per heavy atom. The van der Waals surface area contributed by atoms with Gasteiger partial charge in [-0.05, 0) is 44.4 Å². The summed E-state index contributed by atoms with van der Waals surface area (Å²) in [5.41, 5.74) is 1.05. The summed E-state index contributed by atoms with van der Waals surface area (Å²) in [6.45, 7) is 4.63. The van der Waals surface area contributed by atoms with Gasteiger partial charge in [-0.3, -0.25) is 14.8 Å². The number of benzene rings is 1. The van der Waals surface area contributed by atoms with Crippen LogP contribution in [0.25, 0.3) is 0 Å². The molecule has 8 heteroatoms. The van der Waals surface area contributed by atoms with Crippen molar-refractivity contribution in [1.29, 1.82) is 0 Å². The minimum atomic E-state index is -0.669. The summed E-state index contributed by atoms with van der Waals surface area (Å²) in [4.78, 5) is 32.8. The Balaban J connectivity index is 1.55. The van der Waals surface area contributed by atoms with Gasteiger partial charge in [-0.25, -0.2) is 9.97 Å². The SMILES string of the molecule is COc1ccc(C(C)(C)C(=O)N2CCCC2c2cncc(Nc3cnccn3)n2)cc1. The van der Waals surface area contributed by atoms with E-state index in [1.54, 1.807) is 38.1 Å². The van der Waals surface area contributed by atoms with Crippen LogP contribution in [-0.2, 0) is 10.2 Å². The third-order valence-electron chi connectivity index (χ3n) is 5.67. The molecule has 1 N–H and O–H groups in total. The number of anilines is 2. The second-order valence-corrected chi connectivity index (χ2v) is 8.05. The van der Waals surface area contributed by atoms with Crippen molar-refractivity contribution in [2.45, 2.75) is 38.1 Å². The fraction of sp³-hybridized carbons (Fsp3) is 0.348. The zero-order chi connectivity index (χ0) is 21.8. The number of amides is 1. The lowest BCUT2D eigenvalue weighted by Gasteiger charge is -2.33. The Bertz CT molecular complexity index is 1040. The molecule has 1 aliphatic heterocycles. The molecule has 1 unspecified atom stereocenters. The fourth-order valence-corrected chi connectivity index (χ4v) is 3.90. The lowest BCUT2D eigenvalue weighted by Crippen LogP contribution is -2.43. The first-order valence-corrected chi connectivity index (χ1v) is 10.3. The zero-order valence-electron chi connectivity index (χ0n) is 17.9. The third-order valence-corrected chi connectivity index (χ3v) is 5.67. The molecule has 1 fully saturated rings. The van der Waals surface area contributed by atoms with E-state index in [2.05, 4.69) is 20.3 Å². The van der Waals surface area contributed by atoms with Gasteiger partial charge < -0.3 is 15.0 Å². The third kappa shape index (κ3) is 4.33. The number of carbonyl (C=O) groups is 1. The Morgan fingerprint density at radius 3 is 2.58 bits per heavy atom. The summed E-state index contributed by atoms with van der Waals surface area (Å²) in [7, 11) is 1.63. The number of nitrogens with zero attached hydrogens (tertiary/aromatic N) is 5. The molecule has 31 heavy (non-hydrogen) atoms. The van der Waals surface area contributed by atoms with E-state index in [1.165, 1.54) is 0 Å². The Morgan fingerprint density at radius 2 is 1.87 bits per heavy atom. The highest BCUT2D eigenvalue weighted by molar-refractivity contribution is 5.88. The number of aromatic nitrogens is 4. The number of hydrogen-bond donors (Lipinski definition) is 1. The van der Waals surface area contributed by atoms with Gasteiger partial charge in [0.15, 0.2) is 0 Å². The van der Waals surface area contributed by atoms with Crippen LogP contribution in [0, 0.1) is 0 Å². The maximum Gasteiger partial charge on any atom is 0.233 e. The van der Waals surface area contributed by atoms with Crippen molar-refractivity contribution in [3.05, 3.63) is 66.5 Å². The van der Waals surface area contributed by atoms with Crippen LogP contribution in [-0.4, -0.2) is 44.4 Å². The van der Waals surface area contributed by atoms with Crippen LogP contribution in [0.2, 0.25) is 0 Å². The summed E-state index contributed by atoms with van der Waals surface area (Å²) >= 11 is 0. The predicted molar refractivity (Wildman–Crippen MR) is 117 cm³/mol. The molecule has 0 aliphatic carbocycles. The van der Waals surface area contributed by atoms with Crippen LogP contribution in [0.1, 0.15) is 44.0 Å². The first kappa shape index (κ1) is 20.7. The van der Waals surface area contributed by atoms with Crippen LogP contribution in [0.15, 0.2) is 55.2 Å². The van der Waals surface area contributed by atoms with Crippen molar-refractivity contribution < 1.29 is 9.53 Å². The van der Waals surface area contributed by atoms with Crippen molar-refractivity contribution in [2.75, 3.05) is 19.0 Å². The van der Waals surface area contributed by atoms with Crippen LogP contribution in [0.3, 0.4) is 0 Å². The van der Waals surface area contributed by atoms with Gasteiger partial charge in [0.1, 0.15) is 17.4 Å². The number of likely N-dealkylation sites (tertiary alicyclic amines) is 1. The van der Waals surface area contributed by atoms with Gasteiger partial charge >= 0.3 is 0 Å². The van der Waals surface area contributed by atoms with Crippen molar-refractivity contribution in [1.82, 2.24) is 24.8 Å². The smallest absolute Gasteiger partial charge is 0.233 e. The summed E-state index contributed by atoms with van der Waals surface area (Å²) in [6, 6.07) is 7.57. The molecule has 1 aliphatic rings. The Labute approximate surface area is 181 Å². The van der Waals surface area contributed by atoms with Gasteiger partial charge in [0.2, 0.25) is 5.91 Å². The quantitative estimate of drug-likeness (QED) is 0.653. The zero-order valence-corrected chi connectivity index (χ0v) is 17.9. The minimum Gasteiger partial charge on any atom is -0.497 e. The molecule has 3 heterocycles. The molecule has 0 spiro atoms. The molecule has 160 valence electrons. The first-order valence-electron chi connectivity index (χ1n) is 10.3. The van der Waals surface area contributed by atoms with Gasteiger partial charge in [0.25, 0.3) is 0 Å². The predicted octanol–water partition coefficient (Wildman–Crippen LogP) is 3.66. The molecule has 0 saturated carbocycles. The molecule has 4 rings (SSSR count). The fourth-order valence-electron chi connectivity index (χ4n) is 3.90. The normalized spacial score (nSPS) is 16.2. The van der Waals surface area contributed by atoms with Gasteiger partial charge in [0.05, 0.1) is 42.9 Å². The minimum absolute atomic E-state index is 0.0780. The van der Waals surface area contributed by atoms with Crippen molar-refractivity contribution >= 4 is 17.5 Å². The second kappa shape index (κ2) is 8.67. The summed E-state index contributed by atoms with van der Waals surface area (Å²) in [5.74, 6) is 2.02. The first-order chi connectivity index (χ1) is 15.0. The number of ether oxygens (including phenoxy) is 1. The summed E-state index contributed by atoms with van der Waals surface area (Å²) < 4.78 is 5.25. The number of methoxy groups -OCH3 is 1. The average Bonchev–Trinajstić information content (AvgIpc) is 3.29. The molecule has 8 nitrogen and oxygen atoms in total. The van der Waals surface area contributed by atoms with Gasteiger partial charge in [-0.1, -0.05) is 12.1 Å². The Kier molecular flexibility index (Phi) is 5.79. The van der Waals surface area contributed by atoms with Gasteiger partial charge in [-0.2, -0.15) is 0 Å². The summed E-state index contributed by atoms with van der Waals surface area (Å²) in [6.07, 6.45) is 10.0. The molecule has 1 atom stereocenters. The average molecular weight is 419 g/mol. The monoisotopic (exact) mass is 418 g/mol. The topological polar surface area (TPSA) is 93.1 Å². The second-order valence-electron chi connectivity index (χ2n) is 8.05. The van der Waals surface area contributed by atoms with E-state index in [0.717, 1.165) is 29.8 Å².